The molecule has 0 saturated heterocycles. The summed E-state index contributed by atoms with van der Waals surface area (Å²) in [5, 5.41) is 0. The molecular weight excluding hydrogens is 228 g/mol. The average molecular weight is 248 g/mol. The van der Waals surface area contributed by atoms with Crippen molar-refractivity contribution in [2.45, 2.75) is 51.4 Å². The largest absolute Gasteiger partial charge is 0.383 e. The number of aryl methyl sites for hydroxylation is 1. The maximum atomic E-state index is 11.2. The zero-order valence-electron chi connectivity index (χ0n) is 10.8. The molecule has 98 valence electrons. The summed E-state index contributed by atoms with van der Waals surface area (Å²) < 4.78 is 0. The zero-order chi connectivity index (χ0) is 13.1. The van der Waals surface area contributed by atoms with Gasteiger partial charge in [-0.15, -0.1) is 0 Å². The average Bonchev–Trinajstić information content (AvgIpc) is 2.55. The van der Waals surface area contributed by atoms with Gasteiger partial charge in [0.25, 0.3) is 5.91 Å². The second kappa shape index (κ2) is 5.33. The monoisotopic (exact) mass is 248 g/mol. The number of carbonyl (C=O) groups is 1. The number of nitrogens with zero attached hydrogens (tertiary/aromatic N) is 2. The topological polar surface area (TPSA) is 94.9 Å². The standard InChI is InChI=1S/C13H20N4O/c1-8-10(12(15)18)11(14)17-13(16-8)9-6-4-2-3-5-7-9/h9H,2-7H2,1H3,(H2,15,18)(H2,14,16,17). The Labute approximate surface area is 107 Å². The van der Waals surface area contributed by atoms with Crippen LogP contribution in [0.3, 0.4) is 0 Å². The van der Waals surface area contributed by atoms with E-state index in [4.69, 9.17) is 11.5 Å². The van der Waals surface area contributed by atoms with Crippen LogP contribution in [0.4, 0.5) is 5.82 Å². The Bertz CT molecular complexity index is 427. The van der Waals surface area contributed by atoms with Crippen LogP contribution in [-0.2, 0) is 0 Å². The summed E-state index contributed by atoms with van der Waals surface area (Å²) >= 11 is 0. The second-order valence-corrected chi connectivity index (χ2v) is 4.98. The number of nitrogen functional groups attached to an aromatic ring is 1. The summed E-state index contributed by atoms with van der Waals surface area (Å²) in [6.45, 7) is 1.76. The summed E-state index contributed by atoms with van der Waals surface area (Å²) in [7, 11) is 0. The van der Waals surface area contributed by atoms with Gasteiger partial charge < -0.3 is 11.5 Å². The van der Waals surface area contributed by atoms with Crippen molar-refractivity contribution in [3.05, 3.63) is 17.1 Å². The van der Waals surface area contributed by atoms with Gasteiger partial charge in [0, 0.05) is 5.92 Å². The van der Waals surface area contributed by atoms with E-state index < -0.39 is 5.91 Å². The Hall–Kier alpha value is -1.65. The molecule has 5 nitrogen and oxygen atoms in total. The number of aromatic nitrogens is 2. The summed E-state index contributed by atoms with van der Waals surface area (Å²) in [4.78, 5) is 20.0. The smallest absolute Gasteiger partial charge is 0.254 e. The second-order valence-electron chi connectivity index (χ2n) is 4.98. The minimum Gasteiger partial charge on any atom is -0.383 e. The van der Waals surface area contributed by atoms with Gasteiger partial charge in [-0.1, -0.05) is 25.7 Å². The lowest BCUT2D eigenvalue weighted by Crippen LogP contribution is -2.19. The molecule has 0 atom stereocenters. The first-order valence-electron chi connectivity index (χ1n) is 6.53. The third kappa shape index (κ3) is 2.60. The van der Waals surface area contributed by atoms with Gasteiger partial charge in [-0.25, -0.2) is 9.97 Å². The molecule has 1 saturated carbocycles. The molecule has 1 fully saturated rings. The number of anilines is 1. The van der Waals surface area contributed by atoms with E-state index in [0.717, 1.165) is 18.7 Å². The van der Waals surface area contributed by atoms with Crippen molar-refractivity contribution >= 4 is 11.7 Å². The number of rotatable bonds is 2. The minimum atomic E-state index is -0.558. The Morgan fingerprint density at radius 2 is 1.78 bits per heavy atom. The molecule has 1 heterocycles. The lowest BCUT2D eigenvalue weighted by molar-refractivity contribution is 0.1000. The molecule has 1 aliphatic rings. The molecule has 1 aliphatic carbocycles. The van der Waals surface area contributed by atoms with E-state index in [1.54, 1.807) is 6.92 Å². The normalized spacial score (nSPS) is 17.4. The van der Waals surface area contributed by atoms with Crippen molar-refractivity contribution in [1.29, 1.82) is 0 Å². The molecule has 1 amide bonds. The van der Waals surface area contributed by atoms with Gasteiger partial charge in [0.15, 0.2) is 0 Å². The van der Waals surface area contributed by atoms with Gasteiger partial charge >= 0.3 is 0 Å². The molecule has 0 aromatic carbocycles. The van der Waals surface area contributed by atoms with Gasteiger partial charge in [-0.3, -0.25) is 4.79 Å². The lowest BCUT2D eigenvalue weighted by atomic mass is 9.99. The van der Waals surface area contributed by atoms with Crippen molar-refractivity contribution in [3.63, 3.8) is 0 Å². The molecule has 4 N–H and O–H groups in total. The third-order valence-corrected chi connectivity index (χ3v) is 3.60. The first-order chi connectivity index (χ1) is 8.59. The molecule has 2 rings (SSSR count). The molecule has 0 radical (unpaired) electrons. The van der Waals surface area contributed by atoms with Gasteiger partial charge in [0.1, 0.15) is 17.2 Å². The van der Waals surface area contributed by atoms with E-state index in [2.05, 4.69) is 9.97 Å². The summed E-state index contributed by atoms with van der Waals surface area (Å²) in [6.07, 6.45) is 7.20. The van der Waals surface area contributed by atoms with E-state index in [-0.39, 0.29) is 11.4 Å². The van der Waals surface area contributed by atoms with Gasteiger partial charge in [0.2, 0.25) is 0 Å². The van der Waals surface area contributed by atoms with Crippen molar-refractivity contribution < 1.29 is 4.79 Å². The van der Waals surface area contributed by atoms with Crippen molar-refractivity contribution in [1.82, 2.24) is 9.97 Å². The highest BCUT2D eigenvalue weighted by molar-refractivity contribution is 5.98. The Morgan fingerprint density at radius 3 is 2.28 bits per heavy atom. The van der Waals surface area contributed by atoms with E-state index >= 15 is 0 Å². The number of amides is 1. The molecule has 5 heteroatoms. The number of hydrogen-bond donors (Lipinski definition) is 2. The SMILES string of the molecule is Cc1nc(C2CCCCCC2)nc(N)c1C(N)=O. The minimum absolute atomic E-state index is 0.217. The fraction of sp³-hybridized carbons (Fsp3) is 0.615. The molecule has 18 heavy (non-hydrogen) atoms. The summed E-state index contributed by atoms with van der Waals surface area (Å²) in [5.74, 6) is 0.805. The molecule has 1 aromatic heterocycles. The zero-order valence-corrected chi connectivity index (χ0v) is 10.8. The summed E-state index contributed by atoms with van der Waals surface area (Å²) in [5.41, 5.74) is 11.9. The van der Waals surface area contributed by atoms with Crippen molar-refractivity contribution in [2.24, 2.45) is 5.73 Å². The predicted molar refractivity (Wildman–Crippen MR) is 70.1 cm³/mol. The number of primary amides is 1. The van der Waals surface area contributed by atoms with Gasteiger partial charge in [0.05, 0.1) is 5.69 Å². The number of nitrogens with two attached hydrogens (primary N) is 2. The van der Waals surface area contributed by atoms with Crippen LogP contribution in [0.2, 0.25) is 0 Å². The van der Waals surface area contributed by atoms with Crippen molar-refractivity contribution in [2.75, 3.05) is 5.73 Å². The Balaban J connectivity index is 2.31. The number of carbonyl (C=O) groups excluding carboxylic acids is 1. The highest BCUT2D eigenvalue weighted by Crippen LogP contribution is 2.30. The molecule has 0 bridgehead atoms. The highest BCUT2D eigenvalue weighted by atomic mass is 16.1. The van der Waals surface area contributed by atoms with Crippen molar-refractivity contribution in [3.8, 4) is 0 Å². The Kier molecular flexibility index (Phi) is 3.79. The van der Waals surface area contributed by atoms with Crippen LogP contribution in [0.1, 0.15) is 66.3 Å². The van der Waals surface area contributed by atoms with Crippen LogP contribution in [0.5, 0.6) is 0 Å². The molecule has 0 aliphatic heterocycles. The van der Waals surface area contributed by atoms with Crippen LogP contribution in [0.25, 0.3) is 0 Å². The fourth-order valence-corrected chi connectivity index (χ4v) is 2.64. The highest BCUT2D eigenvalue weighted by Gasteiger charge is 2.20. The van der Waals surface area contributed by atoms with Crippen LogP contribution >= 0.6 is 0 Å². The molecule has 1 aromatic rings. The maximum Gasteiger partial charge on any atom is 0.254 e. The number of hydrogen-bond acceptors (Lipinski definition) is 4. The van der Waals surface area contributed by atoms with E-state index in [9.17, 15) is 4.79 Å². The van der Waals surface area contributed by atoms with E-state index in [0.29, 0.717) is 11.6 Å². The quantitative estimate of drug-likeness (QED) is 0.781. The van der Waals surface area contributed by atoms with Crippen LogP contribution in [-0.4, -0.2) is 15.9 Å². The molecular formula is C13H20N4O. The lowest BCUT2D eigenvalue weighted by Gasteiger charge is -2.15. The van der Waals surface area contributed by atoms with Crippen LogP contribution in [0.15, 0.2) is 0 Å². The first kappa shape index (κ1) is 12.8. The predicted octanol–water partition coefficient (Wildman–Crippen LogP) is 1.90. The maximum absolute atomic E-state index is 11.2. The summed E-state index contributed by atoms with van der Waals surface area (Å²) in [6, 6.07) is 0. The Morgan fingerprint density at radius 1 is 1.17 bits per heavy atom. The van der Waals surface area contributed by atoms with Crippen LogP contribution in [0, 0.1) is 6.92 Å². The van der Waals surface area contributed by atoms with Crippen LogP contribution < -0.4 is 11.5 Å². The van der Waals surface area contributed by atoms with Gasteiger partial charge in [-0.05, 0) is 19.8 Å². The van der Waals surface area contributed by atoms with E-state index in [1.807, 2.05) is 0 Å². The fourth-order valence-electron chi connectivity index (χ4n) is 2.64. The van der Waals surface area contributed by atoms with E-state index in [1.165, 1.54) is 25.7 Å². The molecule has 0 unspecified atom stereocenters. The van der Waals surface area contributed by atoms with Gasteiger partial charge in [-0.2, -0.15) is 0 Å². The third-order valence-electron chi connectivity index (χ3n) is 3.60. The molecule has 0 spiro atoms. The first-order valence-corrected chi connectivity index (χ1v) is 6.53.